The van der Waals surface area contributed by atoms with Gasteiger partial charge in [0.2, 0.25) is 11.8 Å². The van der Waals surface area contributed by atoms with Crippen LogP contribution in [-0.2, 0) is 0 Å². The first-order valence-electron chi connectivity index (χ1n) is 10.1. The molecule has 4 aromatic rings. The summed E-state index contributed by atoms with van der Waals surface area (Å²) in [5.74, 6) is 0.762. The molecule has 0 atom stereocenters. The van der Waals surface area contributed by atoms with E-state index in [0.717, 1.165) is 11.3 Å². The minimum Gasteiger partial charge on any atom is -0.438 e. The Morgan fingerprint density at radius 3 is 2.45 bits per heavy atom. The summed E-state index contributed by atoms with van der Waals surface area (Å²) < 4.78 is 6.03. The first-order chi connectivity index (χ1) is 15.9. The quantitative estimate of drug-likeness (QED) is 0.340. The molecule has 0 bridgehead atoms. The Hall–Kier alpha value is -4.21. The summed E-state index contributed by atoms with van der Waals surface area (Å²) in [6, 6.07) is 23.0. The number of ether oxygens (including phenoxy) is 1. The highest BCUT2D eigenvalue weighted by molar-refractivity contribution is 6.31. The van der Waals surface area contributed by atoms with Crippen LogP contribution >= 0.6 is 11.6 Å². The lowest BCUT2D eigenvalue weighted by Gasteiger charge is -2.13. The van der Waals surface area contributed by atoms with Crippen molar-refractivity contribution >= 4 is 29.0 Å². The van der Waals surface area contributed by atoms with Crippen LogP contribution in [0.3, 0.4) is 0 Å². The molecule has 7 heteroatoms. The van der Waals surface area contributed by atoms with E-state index in [0.29, 0.717) is 39.1 Å². The summed E-state index contributed by atoms with van der Waals surface area (Å²) in [6.45, 7) is 3.70. The molecule has 3 aromatic carbocycles. The van der Waals surface area contributed by atoms with E-state index in [2.05, 4.69) is 21.4 Å². The van der Waals surface area contributed by atoms with Gasteiger partial charge in [-0.1, -0.05) is 35.9 Å². The Kier molecular flexibility index (Phi) is 6.34. The smallest absolute Gasteiger partial charge is 0.230 e. The van der Waals surface area contributed by atoms with E-state index in [1.54, 1.807) is 54.6 Å². The molecule has 0 aliphatic heterocycles. The first-order valence-corrected chi connectivity index (χ1v) is 10.5. The molecule has 6 nitrogen and oxygen atoms in total. The van der Waals surface area contributed by atoms with Gasteiger partial charge in [-0.3, -0.25) is 4.79 Å². The topological polar surface area (TPSA) is 87.9 Å². The number of carbonyl (C=O) groups excluding carboxylic acids is 1. The van der Waals surface area contributed by atoms with Gasteiger partial charge in [-0.25, -0.2) is 4.98 Å². The van der Waals surface area contributed by atoms with Gasteiger partial charge in [-0.05, 0) is 61.9 Å². The average Bonchev–Trinajstić information content (AvgIpc) is 2.80. The molecule has 4 rings (SSSR count). The zero-order valence-corrected chi connectivity index (χ0v) is 18.7. The molecule has 0 radical (unpaired) electrons. The van der Waals surface area contributed by atoms with Crippen LogP contribution in [0, 0.1) is 25.2 Å². The second kappa shape index (κ2) is 9.51. The van der Waals surface area contributed by atoms with Gasteiger partial charge in [-0.2, -0.15) is 10.2 Å². The summed E-state index contributed by atoms with van der Waals surface area (Å²) in [4.78, 5) is 22.1. The number of hydrogen-bond acceptors (Lipinski definition) is 6. The third-order valence-electron chi connectivity index (χ3n) is 4.89. The van der Waals surface area contributed by atoms with Crippen molar-refractivity contribution < 1.29 is 9.53 Å². The van der Waals surface area contributed by atoms with E-state index in [1.165, 1.54) is 0 Å². The number of nitrogens with one attached hydrogen (secondary N) is 1. The van der Waals surface area contributed by atoms with Crippen molar-refractivity contribution in [3.63, 3.8) is 0 Å². The number of carbonyl (C=O) groups is 1. The minimum atomic E-state index is -0.188. The van der Waals surface area contributed by atoms with Crippen LogP contribution in [0.25, 0.3) is 0 Å². The SMILES string of the molecule is Cc1cc(Oc2ccc(Cl)cc2C(=O)c2ccccc2C)nc(Nc2ccc(C#N)cc2)n1. The number of benzene rings is 3. The number of aryl methyl sites for hydroxylation is 2. The minimum absolute atomic E-state index is 0.188. The highest BCUT2D eigenvalue weighted by atomic mass is 35.5. The van der Waals surface area contributed by atoms with Gasteiger partial charge in [-0.15, -0.1) is 0 Å². The van der Waals surface area contributed by atoms with E-state index in [9.17, 15) is 4.79 Å². The lowest BCUT2D eigenvalue weighted by Crippen LogP contribution is -2.06. The van der Waals surface area contributed by atoms with Crippen molar-refractivity contribution in [2.24, 2.45) is 0 Å². The number of rotatable bonds is 6. The number of hydrogen-bond donors (Lipinski definition) is 1. The number of nitrogens with zero attached hydrogens (tertiary/aromatic N) is 3. The number of halogens is 1. The van der Waals surface area contributed by atoms with Gasteiger partial charge >= 0.3 is 0 Å². The van der Waals surface area contributed by atoms with Gasteiger partial charge in [0.1, 0.15) is 5.75 Å². The van der Waals surface area contributed by atoms with E-state index in [4.69, 9.17) is 21.6 Å². The second-order valence-corrected chi connectivity index (χ2v) is 7.81. The predicted molar refractivity (Wildman–Crippen MR) is 127 cm³/mol. The molecule has 1 N–H and O–H groups in total. The Balaban J connectivity index is 1.65. The van der Waals surface area contributed by atoms with Crippen molar-refractivity contribution in [1.82, 2.24) is 9.97 Å². The van der Waals surface area contributed by atoms with Crippen LogP contribution in [0.2, 0.25) is 5.02 Å². The van der Waals surface area contributed by atoms with E-state index in [-0.39, 0.29) is 11.7 Å². The summed E-state index contributed by atoms with van der Waals surface area (Å²) in [7, 11) is 0. The lowest BCUT2D eigenvalue weighted by atomic mass is 9.98. The Morgan fingerprint density at radius 2 is 1.73 bits per heavy atom. The fourth-order valence-corrected chi connectivity index (χ4v) is 3.43. The van der Waals surface area contributed by atoms with Crippen molar-refractivity contribution in [3.8, 4) is 17.7 Å². The molecule has 0 saturated heterocycles. The molecule has 0 unspecified atom stereocenters. The lowest BCUT2D eigenvalue weighted by molar-refractivity contribution is 0.103. The van der Waals surface area contributed by atoms with Crippen molar-refractivity contribution in [3.05, 3.63) is 106 Å². The molecule has 1 aromatic heterocycles. The molecule has 0 aliphatic carbocycles. The van der Waals surface area contributed by atoms with Crippen molar-refractivity contribution in [2.75, 3.05) is 5.32 Å². The van der Waals surface area contributed by atoms with Gasteiger partial charge in [0.25, 0.3) is 0 Å². The van der Waals surface area contributed by atoms with Gasteiger partial charge in [0.05, 0.1) is 17.2 Å². The zero-order chi connectivity index (χ0) is 23.4. The maximum absolute atomic E-state index is 13.3. The Labute approximate surface area is 196 Å². The summed E-state index contributed by atoms with van der Waals surface area (Å²) in [6.07, 6.45) is 0. The maximum Gasteiger partial charge on any atom is 0.230 e. The van der Waals surface area contributed by atoms with Crippen LogP contribution < -0.4 is 10.1 Å². The van der Waals surface area contributed by atoms with E-state index >= 15 is 0 Å². The molecule has 0 amide bonds. The first kappa shape index (κ1) is 22.0. The number of nitriles is 1. The van der Waals surface area contributed by atoms with Crippen LogP contribution in [-0.4, -0.2) is 15.8 Å². The van der Waals surface area contributed by atoms with Crippen LogP contribution in [0.4, 0.5) is 11.6 Å². The standard InChI is InChI=1S/C26H19ClN4O2/c1-16-5-3-4-6-21(16)25(32)22-14-19(27)9-12-23(22)33-24-13-17(2)29-26(31-24)30-20-10-7-18(15-28)8-11-20/h3-14H,1-2H3,(H,29,30,31). The molecule has 0 spiro atoms. The largest absolute Gasteiger partial charge is 0.438 e. The van der Waals surface area contributed by atoms with Crippen LogP contribution in [0.1, 0.15) is 32.7 Å². The molecule has 162 valence electrons. The van der Waals surface area contributed by atoms with E-state index < -0.39 is 0 Å². The maximum atomic E-state index is 13.3. The Bertz CT molecular complexity index is 1380. The number of ketones is 1. The van der Waals surface area contributed by atoms with Gasteiger partial charge in [0, 0.05) is 28.0 Å². The molecular formula is C26H19ClN4O2. The molecule has 33 heavy (non-hydrogen) atoms. The summed E-state index contributed by atoms with van der Waals surface area (Å²) >= 11 is 6.19. The van der Waals surface area contributed by atoms with Crippen molar-refractivity contribution in [2.45, 2.75) is 13.8 Å². The van der Waals surface area contributed by atoms with Crippen molar-refractivity contribution in [1.29, 1.82) is 5.26 Å². The predicted octanol–water partition coefficient (Wildman–Crippen LogP) is 6.39. The third-order valence-corrected chi connectivity index (χ3v) is 5.13. The fourth-order valence-electron chi connectivity index (χ4n) is 3.26. The average molecular weight is 455 g/mol. The number of aromatic nitrogens is 2. The van der Waals surface area contributed by atoms with Crippen LogP contribution in [0.5, 0.6) is 11.6 Å². The van der Waals surface area contributed by atoms with Gasteiger partial charge < -0.3 is 10.1 Å². The molecule has 0 saturated carbocycles. The van der Waals surface area contributed by atoms with Gasteiger partial charge in [0.15, 0.2) is 5.78 Å². The fraction of sp³-hybridized carbons (Fsp3) is 0.0769. The molecule has 1 heterocycles. The molecular weight excluding hydrogens is 436 g/mol. The summed E-state index contributed by atoms with van der Waals surface area (Å²) in [5, 5.41) is 12.5. The Morgan fingerprint density at radius 1 is 0.970 bits per heavy atom. The zero-order valence-electron chi connectivity index (χ0n) is 18.0. The number of anilines is 2. The highest BCUT2D eigenvalue weighted by Gasteiger charge is 2.18. The van der Waals surface area contributed by atoms with E-state index in [1.807, 2.05) is 32.0 Å². The monoisotopic (exact) mass is 454 g/mol. The third kappa shape index (κ3) is 5.17. The van der Waals surface area contributed by atoms with Crippen LogP contribution in [0.15, 0.2) is 72.8 Å². The highest BCUT2D eigenvalue weighted by Crippen LogP contribution is 2.30. The second-order valence-electron chi connectivity index (χ2n) is 7.37. The molecule has 0 fully saturated rings. The molecule has 0 aliphatic rings. The summed E-state index contributed by atoms with van der Waals surface area (Å²) in [5.41, 5.74) is 3.74. The normalized spacial score (nSPS) is 10.4.